The number of aryl methyl sites for hydroxylation is 3. The Morgan fingerprint density at radius 1 is 0.921 bits per heavy atom. The Morgan fingerprint density at radius 3 is 2.39 bits per heavy atom. The maximum atomic E-state index is 13.4. The number of carbonyl (C=O) groups excluding carboxylic acids is 4. The second kappa shape index (κ2) is 9.82. The van der Waals surface area contributed by atoms with Crippen LogP contribution in [0, 0.1) is 20.8 Å². The second-order valence-corrected chi connectivity index (χ2v) is 9.37. The van der Waals surface area contributed by atoms with Crippen LogP contribution in [-0.4, -0.2) is 28.3 Å². The van der Waals surface area contributed by atoms with Crippen molar-refractivity contribution < 1.29 is 19.2 Å². The Balaban J connectivity index is 1.48. The summed E-state index contributed by atoms with van der Waals surface area (Å²) in [7, 11) is 0. The molecule has 0 radical (unpaired) electrons. The topological polar surface area (TPSA) is 101 Å². The largest absolute Gasteiger partial charge is 0.337 e. The number of nitrogens with one attached hydrogen (secondary N) is 2. The third-order valence-corrected chi connectivity index (χ3v) is 6.62. The Labute approximate surface area is 219 Å². The first-order valence-electron chi connectivity index (χ1n) is 12.1. The summed E-state index contributed by atoms with van der Waals surface area (Å²) in [5, 5.41) is 5.92. The number of anilines is 2. The quantitative estimate of drug-likeness (QED) is 0.298. The number of nitrogens with zero attached hydrogens (tertiary/aromatic N) is 2. The lowest BCUT2D eigenvalue weighted by Gasteiger charge is -2.26. The zero-order valence-corrected chi connectivity index (χ0v) is 21.2. The third-order valence-electron chi connectivity index (χ3n) is 6.62. The Morgan fingerprint density at radius 2 is 1.66 bits per heavy atom. The van der Waals surface area contributed by atoms with Crippen LogP contribution in [0.1, 0.15) is 22.3 Å². The zero-order chi connectivity index (χ0) is 27.0. The first-order chi connectivity index (χ1) is 18.2. The van der Waals surface area contributed by atoms with E-state index >= 15 is 0 Å². The number of imide groups is 2. The van der Waals surface area contributed by atoms with Crippen molar-refractivity contribution in [3.05, 3.63) is 101 Å². The molecule has 1 fully saturated rings. The van der Waals surface area contributed by atoms with Gasteiger partial charge in [0.2, 0.25) is 5.91 Å². The molecule has 1 aliphatic heterocycles. The molecular formula is C30H26N4O4. The van der Waals surface area contributed by atoms with Crippen molar-refractivity contribution in [1.82, 2.24) is 9.88 Å². The Kier molecular flexibility index (Phi) is 6.38. The van der Waals surface area contributed by atoms with E-state index in [4.69, 9.17) is 0 Å². The van der Waals surface area contributed by atoms with Crippen LogP contribution in [0.15, 0.2) is 78.5 Å². The van der Waals surface area contributed by atoms with Crippen LogP contribution in [0.5, 0.6) is 0 Å². The van der Waals surface area contributed by atoms with Gasteiger partial charge in [0.15, 0.2) is 0 Å². The van der Waals surface area contributed by atoms with Gasteiger partial charge in [0.1, 0.15) is 12.1 Å². The van der Waals surface area contributed by atoms with Gasteiger partial charge in [-0.2, -0.15) is 0 Å². The lowest BCUT2D eigenvalue weighted by molar-refractivity contribution is -0.122. The van der Waals surface area contributed by atoms with E-state index in [0.717, 1.165) is 32.5 Å². The fourth-order valence-electron chi connectivity index (χ4n) is 4.43. The minimum atomic E-state index is -0.796. The summed E-state index contributed by atoms with van der Waals surface area (Å²) < 4.78 is 1.77. The highest BCUT2D eigenvalue weighted by molar-refractivity contribution is 6.39. The number of barbiturate groups is 1. The van der Waals surface area contributed by atoms with E-state index in [1.165, 1.54) is 6.08 Å². The van der Waals surface area contributed by atoms with E-state index in [1.54, 1.807) is 22.9 Å². The highest BCUT2D eigenvalue weighted by Gasteiger charge is 2.37. The lowest BCUT2D eigenvalue weighted by atomic mass is 10.0. The van der Waals surface area contributed by atoms with Gasteiger partial charge in [0.25, 0.3) is 11.8 Å². The molecule has 0 saturated carbocycles. The van der Waals surface area contributed by atoms with E-state index < -0.39 is 17.8 Å². The molecule has 2 heterocycles. The van der Waals surface area contributed by atoms with E-state index in [1.807, 2.05) is 75.4 Å². The first-order valence-corrected chi connectivity index (χ1v) is 12.1. The summed E-state index contributed by atoms with van der Waals surface area (Å²) in [6, 6.07) is 19.4. The fraction of sp³-hybridized carbons (Fsp3) is 0.133. The lowest BCUT2D eigenvalue weighted by Crippen LogP contribution is -2.54. The molecule has 3 aromatic carbocycles. The van der Waals surface area contributed by atoms with Gasteiger partial charge in [0.05, 0.1) is 5.69 Å². The number of aromatic nitrogens is 1. The third kappa shape index (κ3) is 4.71. The molecule has 1 saturated heterocycles. The van der Waals surface area contributed by atoms with E-state index in [0.29, 0.717) is 16.9 Å². The molecule has 2 N–H and O–H groups in total. The normalized spacial score (nSPS) is 14.8. The Bertz CT molecular complexity index is 1650. The molecule has 0 spiro atoms. The standard InChI is InChI=1S/C30H26N4O4/c1-18-8-11-22(12-9-18)31-27(35)17-33-16-21(24-6-4-5-7-26(24)33)15-25-28(36)32-30(38)34(29(25)37)23-13-10-19(2)20(3)14-23/h4-16H,17H2,1-3H3,(H,31,35)(H,32,36,38)/b25-15+. The number of hydrogen-bond donors (Lipinski definition) is 2. The van der Waals surface area contributed by atoms with Crippen LogP contribution in [0.25, 0.3) is 17.0 Å². The van der Waals surface area contributed by atoms with Crippen molar-refractivity contribution in [2.24, 2.45) is 0 Å². The average molecular weight is 507 g/mol. The number of benzene rings is 3. The number of carbonyl (C=O) groups is 4. The summed E-state index contributed by atoms with van der Waals surface area (Å²) >= 11 is 0. The van der Waals surface area contributed by atoms with Gasteiger partial charge in [-0.25, -0.2) is 9.69 Å². The number of urea groups is 1. The highest BCUT2D eigenvalue weighted by Crippen LogP contribution is 2.27. The summed E-state index contributed by atoms with van der Waals surface area (Å²) in [5.41, 5.74) is 5.28. The van der Waals surface area contributed by atoms with Crippen LogP contribution >= 0.6 is 0 Å². The molecule has 8 nitrogen and oxygen atoms in total. The van der Waals surface area contributed by atoms with Gasteiger partial charge in [-0.05, 0) is 68.3 Å². The second-order valence-electron chi connectivity index (χ2n) is 9.37. The minimum Gasteiger partial charge on any atom is -0.337 e. The molecule has 38 heavy (non-hydrogen) atoms. The van der Waals surface area contributed by atoms with Crippen molar-refractivity contribution in [2.75, 3.05) is 10.2 Å². The molecule has 190 valence electrons. The molecule has 0 aliphatic carbocycles. The highest BCUT2D eigenvalue weighted by atomic mass is 16.2. The van der Waals surface area contributed by atoms with Crippen LogP contribution < -0.4 is 15.5 Å². The molecule has 1 aromatic heterocycles. The van der Waals surface area contributed by atoms with Crippen molar-refractivity contribution in [3.63, 3.8) is 0 Å². The summed E-state index contributed by atoms with van der Waals surface area (Å²) in [5.74, 6) is -1.70. The summed E-state index contributed by atoms with van der Waals surface area (Å²) in [6.07, 6.45) is 3.19. The van der Waals surface area contributed by atoms with Gasteiger partial charge >= 0.3 is 6.03 Å². The van der Waals surface area contributed by atoms with Crippen molar-refractivity contribution in [1.29, 1.82) is 0 Å². The molecule has 0 bridgehead atoms. The van der Waals surface area contributed by atoms with Gasteiger partial charge in [-0.15, -0.1) is 0 Å². The first kappa shape index (κ1) is 24.7. The molecular weight excluding hydrogens is 480 g/mol. The number of rotatable bonds is 5. The molecule has 5 rings (SSSR count). The molecule has 0 atom stereocenters. The number of amides is 5. The van der Waals surface area contributed by atoms with Gasteiger partial charge < -0.3 is 9.88 Å². The number of fused-ring (bicyclic) bond motifs is 1. The summed E-state index contributed by atoms with van der Waals surface area (Å²) in [4.78, 5) is 52.5. The monoisotopic (exact) mass is 506 g/mol. The zero-order valence-electron chi connectivity index (χ0n) is 21.2. The molecule has 0 unspecified atom stereocenters. The maximum absolute atomic E-state index is 13.4. The van der Waals surface area contributed by atoms with Crippen molar-refractivity contribution in [2.45, 2.75) is 27.3 Å². The summed E-state index contributed by atoms with van der Waals surface area (Å²) in [6.45, 7) is 5.83. The minimum absolute atomic E-state index is 0.0327. The van der Waals surface area contributed by atoms with Crippen molar-refractivity contribution in [3.8, 4) is 0 Å². The molecule has 1 aliphatic rings. The van der Waals surface area contributed by atoms with Crippen LogP contribution in [0.3, 0.4) is 0 Å². The van der Waals surface area contributed by atoms with Crippen molar-refractivity contribution >= 4 is 52.1 Å². The number of hydrogen-bond acceptors (Lipinski definition) is 4. The SMILES string of the molecule is Cc1ccc(NC(=O)Cn2cc(/C=C3\C(=O)NC(=O)N(c4ccc(C)c(C)c4)C3=O)c3ccccc32)cc1. The maximum Gasteiger partial charge on any atom is 0.335 e. The van der Waals surface area contributed by atoms with Gasteiger partial charge in [-0.3, -0.25) is 19.7 Å². The predicted molar refractivity (Wildman–Crippen MR) is 147 cm³/mol. The predicted octanol–water partition coefficient (Wildman–Crippen LogP) is 4.87. The van der Waals surface area contributed by atoms with Crippen LogP contribution in [0.4, 0.5) is 16.2 Å². The van der Waals surface area contributed by atoms with Crippen LogP contribution in [0.2, 0.25) is 0 Å². The Hall–Kier alpha value is -4.98. The van der Waals surface area contributed by atoms with Gasteiger partial charge in [0, 0.05) is 28.4 Å². The molecule has 8 heteroatoms. The average Bonchev–Trinajstić information content (AvgIpc) is 3.22. The molecule has 5 amide bonds. The molecule has 4 aromatic rings. The van der Waals surface area contributed by atoms with E-state index in [2.05, 4.69) is 10.6 Å². The van der Waals surface area contributed by atoms with Gasteiger partial charge in [-0.1, -0.05) is 42.0 Å². The van der Waals surface area contributed by atoms with Crippen LogP contribution in [-0.2, 0) is 20.9 Å². The number of para-hydroxylation sites is 1. The smallest absolute Gasteiger partial charge is 0.335 e. The van der Waals surface area contributed by atoms with E-state index in [-0.39, 0.29) is 18.0 Å². The fourth-order valence-corrected chi connectivity index (χ4v) is 4.43. The van der Waals surface area contributed by atoms with E-state index in [9.17, 15) is 19.2 Å².